The molecule has 0 saturated heterocycles. The molecule has 2 aromatic rings. The first kappa shape index (κ1) is 25.3. The van der Waals surface area contributed by atoms with Crippen LogP contribution >= 0.6 is 12.1 Å². The standard InChI is InChI=1S/C24H24N2O6S/c1-5-17(3)31-21-13-9-7-11-19(21)15-25(23(27)28)33-26(24(29)30)16-20-12-8-10-14-22(20)32-18(4)6-2/h1-2,7-14,17-18H,15-16H2,3-4H3,(H,27,28)(H,29,30). The molecule has 0 heterocycles. The summed E-state index contributed by atoms with van der Waals surface area (Å²) in [5, 5.41) is 19.4. The van der Waals surface area contributed by atoms with Crippen LogP contribution in [-0.4, -0.2) is 43.2 Å². The van der Waals surface area contributed by atoms with Crippen molar-refractivity contribution in [3.63, 3.8) is 0 Å². The molecule has 2 atom stereocenters. The summed E-state index contributed by atoms with van der Waals surface area (Å²) in [6.45, 7) is 3.10. The van der Waals surface area contributed by atoms with E-state index in [1.165, 1.54) is 0 Å². The van der Waals surface area contributed by atoms with Crippen molar-refractivity contribution in [1.29, 1.82) is 0 Å². The second-order valence-corrected chi connectivity index (χ2v) is 7.83. The van der Waals surface area contributed by atoms with Crippen LogP contribution < -0.4 is 9.47 Å². The second-order valence-electron chi connectivity index (χ2n) is 6.79. The molecule has 2 rings (SSSR count). The fourth-order valence-electron chi connectivity index (χ4n) is 2.64. The first-order valence-electron chi connectivity index (χ1n) is 9.85. The zero-order valence-electron chi connectivity index (χ0n) is 18.2. The molecule has 0 aliphatic rings. The predicted molar refractivity (Wildman–Crippen MR) is 125 cm³/mol. The minimum Gasteiger partial charge on any atom is -0.478 e. The minimum atomic E-state index is -1.32. The number of rotatable bonds is 10. The van der Waals surface area contributed by atoms with Crippen LogP contribution in [0.5, 0.6) is 11.5 Å². The van der Waals surface area contributed by atoms with Crippen molar-refractivity contribution in [3.8, 4) is 36.2 Å². The van der Waals surface area contributed by atoms with Gasteiger partial charge in [-0.1, -0.05) is 48.2 Å². The van der Waals surface area contributed by atoms with Crippen LogP contribution in [0.1, 0.15) is 25.0 Å². The average molecular weight is 469 g/mol. The maximum Gasteiger partial charge on any atom is 0.419 e. The van der Waals surface area contributed by atoms with E-state index in [0.717, 1.165) is 8.61 Å². The molecule has 0 bridgehead atoms. The third kappa shape index (κ3) is 7.60. The van der Waals surface area contributed by atoms with Crippen molar-refractivity contribution >= 4 is 24.3 Å². The Kier molecular flexibility index (Phi) is 9.34. The van der Waals surface area contributed by atoms with Gasteiger partial charge in [0.15, 0.2) is 12.2 Å². The zero-order chi connectivity index (χ0) is 24.4. The largest absolute Gasteiger partial charge is 0.478 e. The molecule has 2 N–H and O–H groups in total. The molecular formula is C24H24N2O6S. The lowest BCUT2D eigenvalue weighted by Crippen LogP contribution is -2.32. The molecule has 2 aromatic carbocycles. The summed E-state index contributed by atoms with van der Waals surface area (Å²) in [5.74, 6) is 5.72. The van der Waals surface area contributed by atoms with Gasteiger partial charge < -0.3 is 19.7 Å². The normalized spacial score (nSPS) is 11.9. The molecule has 0 spiro atoms. The van der Waals surface area contributed by atoms with Gasteiger partial charge in [0, 0.05) is 11.1 Å². The van der Waals surface area contributed by atoms with Crippen molar-refractivity contribution in [3.05, 3.63) is 59.7 Å². The highest BCUT2D eigenvalue weighted by Crippen LogP contribution is 2.29. The number of terminal acetylenes is 2. The maximum absolute atomic E-state index is 11.9. The quantitative estimate of drug-likeness (QED) is 0.385. The summed E-state index contributed by atoms with van der Waals surface area (Å²) >= 11 is 0.538. The summed E-state index contributed by atoms with van der Waals surface area (Å²) in [6, 6.07) is 13.6. The second kappa shape index (κ2) is 12.2. The third-order valence-corrected chi connectivity index (χ3v) is 5.24. The number of benzene rings is 2. The number of hydrogen-bond acceptors (Lipinski definition) is 5. The summed E-state index contributed by atoms with van der Waals surface area (Å²) in [5.41, 5.74) is 1.07. The highest BCUT2D eigenvalue weighted by molar-refractivity contribution is 7.95. The van der Waals surface area contributed by atoms with Crippen LogP contribution in [-0.2, 0) is 13.1 Å². The molecule has 0 aliphatic heterocycles. The Morgan fingerprint density at radius 2 is 1.21 bits per heavy atom. The van der Waals surface area contributed by atoms with Crippen molar-refractivity contribution < 1.29 is 29.3 Å². The lowest BCUT2D eigenvalue weighted by molar-refractivity contribution is 0.165. The van der Waals surface area contributed by atoms with Crippen LogP contribution in [0.25, 0.3) is 0 Å². The van der Waals surface area contributed by atoms with E-state index in [9.17, 15) is 19.8 Å². The molecule has 9 heteroatoms. The Balaban J connectivity index is 2.24. The first-order valence-corrected chi connectivity index (χ1v) is 10.6. The molecule has 33 heavy (non-hydrogen) atoms. The number of hydrogen-bond donors (Lipinski definition) is 2. The number of carboxylic acid groups (broad SMARTS) is 2. The van der Waals surface area contributed by atoms with Gasteiger partial charge in [-0.05, 0) is 26.0 Å². The van der Waals surface area contributed by atoms with Gasteiger partial charge in [0.05, 0.1) is 25.2 Å². The Bertz CT molecular complexity index is 978. The van der Waals surface area contributed by atoms with E-state index in [1.54, 1.807) is 62.4 Å². The fourth-order valence-corrected chi connectivity index (χ4v) is 3.41. The predicted octanol–water partition coefficient (Wildman–Crippen LogP) is 4.71. The molecule has 0 saturated carbocycles. The van der Waals surface area contributed by atoms with E-state index in [1.807, 2.05) is 0 Å². The van der Waals surface area contributed by atoms with Crippen molar-refractivity contribution in [2.45, 2.75) is 39.1 Å². The Morgan fingerprint density at radius 3 is 1.55 bits per heavy atom. The van der Waals surface area contributed by atoms with E-state index in [0.29, 0.717) is 34.8 Å². The summed E-state index contributed by atoms with van der Waals surface area (Å²) < 4.78 is 13.1. The van der Waals surface area contributed by atoms with Gasteiger partial charge in [-0.2, -0.15) is 0 Å². The fraction of sp³-hybridized carbons (Fsp3) is 0.250. The highest BCUT2D eigenvalue weighted by atomic mass is 32.2. The zero-order valence-corrected chi connectivity index (χ0v) is 19.0. The number of para-hydroxylation sites is 2. The van der Waals surface area contributed by atoms with Crippen LogP contribution in [0.4, 0.5) is 9.59 Å². The van der Waals surface area contributed by atoms with Gasteiger partial charge in [-0.25, -0.2) is 18.2 Å². The lowest BCUT2D eigenvalue weighted by atomic mass is 10.2. The lowest BCUT2D eigenvalue weighted by Gasteiger charge is -2.26. The SMILES string of the molecule is C#CC(C)Oc1ccccc1CN(SN(Cc1ccccc1OC(C)C#C)C(=O)O)C(=O)O. The number of nitrogens with zero attached hydrogens (tertiary/aromatic N) is 2. The topological polar surface area (TPSA) is 99.5 Å². The molecule has 0 aromatic heterocycles. The van der Waals surface area contributed by atoms with E-state index in [-0.39, 0.29) is 13.1 Å². The highest BCUT2D eigenvalue weighted by Gasteiger charge is 2.25. The Hall–Kier alpha value is -3.95. The van der Waals surface area contributed by atoms with Gasteiger partial charge in [-0.3, -0.25) is 0 Å². The molecule has 0 fully saturated rings. The third-order valence-electron chi connectivity index (χ3n) is 4.27. The van der Waals surface area contributed by atoms with Gasteiger partial charge in [0.1, 0.15) is 11.5 Å². The van der Waals surface area contributed by atoms with E-state index in [4.69, 9.17) is 22.3 Å². The summed E-state index contributed by atoms with van der Waals surface area (Å²) in [7, 11) is 0. The molecule has 0 aliphatic carbocycles. The van der Waals surface area contributed by atoms with Crippen LogP contribution in [0, 0.1) is 24.7 Å². The molecule has 2 unspecified atom stereocenters. The molecular weight excluding hydrogens is 444 g/mol. The van der Waals surface area contributed by atoms with Crippen molar-refractivity contribution in [2.75, 3.05) is 0 Å². The van der Waals surface area contributed by atoms with E-state index in [2.05, 4.69) is 11.8 Å². The Morgan fingerprint density at radius 1 is 0.848 bits per heavy atom. The summed E-state index contributed by atoms with van der Waals surface area (Å²) in [6.07, 6.45) is 7.05. The van der Waals surface area contributed by atoms with Gasteiger partial charge >= 0.3 is 12.2 Å². The van der Waals surface area contributed by atoms with Crippen molar-refractivity contribution in [2.24, 2.45) is 0 Å². The molecule has 0 radical (unpaired) electrons. The van der Waals surface area contributed by atoms with Crippen molar-refractivity contribution in [1.82, 2.24) is 8.61 Å². The van der Waals surface area contributed by atoms with Crippen LogP contribution in [0.15, 0.2) is 48.5 Å². The van der Waals surface area contributed by atoms with Crippen LogP contribution in [0.3, 0.4) is 0 Å². The minimum absolute atomic E-state index is 0.135. The molecule has 172 valence electrons. The number of amides is 2. The van der Waals surface area contributed by atoms with Gasteiger partial charge in [0.25, 0.3) is 0 Å². The van der Waals surface area contributed by atoms with E-state index < -0.39 is 24.4 Å². The number of ether oxygens (including phenoxy) is 2. The molecule has 2 amide bonds. The van der Waals surface area contributed by atoms with Gasteiger partial charge in [0.2, 0.25) is 0 Å². The molecule has 8 nitrogen and oxygen atoms in total. The monoisotopic (exact) mass is 468 g/mol. The first-order chi connectivity index (χ1) is 15.7. The van der Waals surface area contributed by atoms with E-state index >= 15 is 0 Å². The maximum atomic E-state index is 11.9. The Labute approximate surface area is 197 Å². The smallest absolute Gasteiger partial charge is 0.419 e. The van der Waals surface area contributed by atoms with Crippen LogP contribution in [0.2, 0.25) is 0 Å². The van der Waals surface area contributed by atoms with Gasteiger partial charge in [-0.15, -0.1) is 12.8 Å². The summed E-state index contributed by atoms with van der Waals surface area (Å²) in [4.78, 5) is 23.8. The number of carbonyl (C=O) groups is 2. The average Bonchev–Trinajstić information content (AvgIpc) is 2.79.